The predicted octanol–water partition coefficient (Wildman–Crippen LogP) is 0.811. The van der Waals surface area contributed by atoms with Crippen molar-refractivity contribution in [3.8, 4) is 0 Å². The lowest BCUT2D eigenvalue weighted by Crippen LogP contribution is -2.01. The van der Waals surface area contributed by atoms with E-state index in [1.165, 1.54) is 0 Å². The molecular formula is C8H8N4OS. The van der Waals surface area contributed by atoms with Crippen molar-refractivity contribution in [2.75, 3.05) is 0 Å². The van der Waals surface area contributed by atoms with Crippen LogP contribution < -0.4 is 0 Å². The molecule has 14 heavy (non-hydrogen) atoms. The number of rotatable bonds is 2. The van der Waals surface area contributed by atoms with Gasteiger partial charge in [0.1, 0.15) is 10.6 Å². The van der Waals surface area contributed by atoms with Crippen molar-refractivity contribution in [1.82, 2.24) is 19.1 Å². The highest BCUT2D eigenvalue weighted by Crippen LogP contribution is 2.13. The maximum absolute atomic E-state index is 11.8. The summed E-state index contributed by atoms with van der Waals surface area (Å²) in [6.07, 6.45) is 3.28. The van der Waals surface area contributed by atoms with Crippen LogP contribution in [-0.4, -0.2) is 24.9 Å². The minimum absolute atomic E-state index is 0.113. The first kappa shape index (κ1) is 9.01. The summed E-state index contributed by atoms with van der Waals surface area (Å²) in [5, 5.41) is 3.78. The normalized spacial score (nSPS) is 10.4. The number of hydrogen-bond acceptors (Lipinski definition) is 5. The molecule has 0 fully saturated rings. The number of aromatic nitrogens is 4. The fourth-order valence-corrected chi connectivity index (χ4v) is 1.69. The largest absolute Gasteiger partial charge is 0.340 e. The van der Waals surface area contributed by atoms with Gasteiger partial charge in [0.25, 0.3) is 0 Å². The molecule has 0 radical (unpaired) electrons. The zero-order valence-corrected chi connectivity index (χ0v) is 8.58. The number of ketones is 1. The molecule has 2 rings (SSSR count). The average Bonchev–Trinajstić information content (AvgIpc) is 2.73. The fraction of sp³-hybridized carbons (Fsp3) is 0.250. The summed E-state index contributed by atoms with van der Waals surface area (Å²) in [5.41, 5.74) is 1.09. The van der Waals surface area contributed by atoms with Crippen LogP contribution in [0.15, 0.2) is 12.5 Å². The lowest BCUT2D eigenvalue weighted by Gasteiger charge is -1.91. The summed E-state index contributed by atoms with van der Waals surface area (Å²) in [6.45, 7) is 1.76. The lowest BCUT2D eigenvalue weighted by molar-refractivity contribution is 0.103. The monoisotopic (exact) mass is 208 g/mol. The Morgan fingerprint density at radius 2 is 2.36 bits per heavy atom. The number of carbonyl (C=O) groups excluding carboxylic acids is 1. The zero-order valence-electron chi connectivity index (χ0n) is 7.76. The number of carbonyl (C=O) groups is 1. The Morgan fingerprint density at radius 1 is 1.57 bits per heavy atom. The van der Waals surface area contributed by atoms with E-state index in [1.54, 1.807) is 24.0 Å². The van der Waals surface area contributed by atoms with Crippen molar-refractivity contribution in [2.24, 2.45) is 7.05 Å². The van der Waals surface area contributed by atoms with E-state index >= 15 is 0 Å². The summed E-state index contributed by atoms with van der Waals surface area (Å²) >= 11 is 1.10. The Bertz CT molecular complexity index is 473. The molecule has 5 nitrogen and oxygen atoms in total. The number of hydrogen-bond donors (Lipinski definition) is 0. The van der Waals surface area contributed by atoms with E-state index in [9.17, 15) is 4.79 Å². The van der Waals surface area contributed by atoms with Gasteiger partial charge in [-0.2, -0.15) is 0 Å². The lowest BCUT2D eigenvalue weighted by atomic mass is 10.2. The molecule has 0 bridgehead atoms. The van der Waals surface area contributed by atoms with Crippen LogP contribution in [0, 0.1) is 6.92 Å². The van der Waals surface area contributed by atoms with E-state index < -0.39 is 0 Å². The number of nitrogens with zero attached hydrogens (tertiary/aromatic N) is 4. The van der Waals surface area contributed by atoms with Gasteiger partial charge in [0.05, 0.1) is 12.0 Å². The molecule has 0 aliphatic rings. The first-order chi connectivity index (χ1) is 6.68. The molecule has 0 saturated carbocycles. The van der Waals surface area contributed by atoms with Crippen LogP contribution in [0.5, 0.6) is 0 Å². The Labute approximate surface area is 84.6 Å². The molecular weight excluding hydrogens is 200 g/mol. The molecule has 0 amide bonds. The Morgan fingerprint density at radius 3 is 2.86 bits per heavy atom. The van der Waals surface area contributed by atoms with Crippen LogP contribution in [0.3, 0.4) is 0 Å². The van der Waals surface area contributed by atoms with E-state index in [-0.39, 0.29) is 5.78 Å². The van der Waals surface area contributed by atoms with Crippen LogP contribution in [0.25, 0.3) is 0 Å². The molecule has 0 atom stereocenters. The standard InChI is InChI=1S/C8H8N4OS/c1-5-8(14-11-10-5)7(13)6-3-12(2)4-9-6/h3-4H,1-2H3. The fourth-order valence-electron chi connectivity index (χ4n) is 1.09. The predicted molar refractivity (Wildman–Crippen MR) is 51.3 cm³/mol. The molecule has 0 aliphatic heterocycles. The van der Waals surface area contributed by atoms with E-state index in [0.29, 0.717) is 16.3 Å². The van der Waals surface area contributed by atoms with Crippen molar-refractivity contribution >= 4 is 17.3 Å². The highest BCUT2D eigenvalue weighted by atomic mass is 32.1. The highest BCUT2D eigenvalue weighted by molar-refractivity contribution is 7.08. The van der Waals surface area contributed by atoms with Gasteiger partial charge in [-0.15, -0.1) is 5.10 Å². The van der Waals surface area contributed by atoms with Crippen molar-refractivity contribution in [3.63, 3.8) is 0 Å². The maximum Gasteiger partial charge on any atom is 0.226 e. The van der Waals surface area contributed by atoms with E-state index in [1.807, 2.05) is 7.05 Å². The van der Waals surface area contributed by atoms with Gasteiger partial charge in [-0.3, -0.25) is 4.79 Å². The summed E-state index contributed by atoms with van der Waals surface area (Å²) in [5.74, 6) is -0.113. The van der Waals surface area contributed by atoms with E-state index in [4.69, 9.17) is 0 Å². The molecule has 2 aromatic rings. The summed E-state index contributed by atoms with van der Waals surface area (Å²) < 4.78 is 5.44. The Hall–Kier alpha value is -1.56. The molecule has 0 N–H and O–H groups in total. The highest BCUT2D eigenvalue weighted by Gasteiger charge is 2.17. The SMILES string of the molecule is Cc1nnsc1C(=O)c1cn(C)cn1. The second-order valence-electron chi connectivity index (χ2n) is 2.94. The summed E-state index contributed by atoms with van der Waals surface area (Å²) in [4.78, 5) is 16.3. The molecule has 72 valence electrons. The van der Waals surface area contributed by atoms with Crippen LogP contribution in [-0.2, 0) is 7.05 Å². The van der Waals surface area contributed by atoms with Gasteiger partial charge in [0.15, 0.2) is 0 Å². The van der Waals surface area contributed by atoms with Gasteiger partial charge in [0.2, 0.25) is 5.78 Å². The third kappa shape index (κ3) is 1.44. The number of imidazole rings is 1. The van der Waals surface area contributed by atoms with E-state index in [0.717, 1.165) is 11.5 Å². The van der Waals surface area contributed by atoms with Gasteiger partial charge in [-0.1, -0.05) is 4.49 Å². The minimum atomic E-state index is -0.113. The molecule has 0 aromatic carbocycles. The maximum atomic E-state index is 11.8. The van der Waals surface area contributed by atoms with Crippen LogP contribution in [0.2, 0.25) is 0 Å². The first-order valence-corrected chi connectivity index (χ1v) is 4.77. The minimum Gasteiger partial charge on any atom is -0.340 e. The molecule has 0 unspecified atom stereocenters. The molecule has 6 heteroatoms. The van der Waals surface area contributed by atoms with Crippen molar-refractivity contribution in [2.45, 2.75) is 6.92 Å². The van der Waals surface area contributed by atoms with Crippen molar-refractivity contribution < 1.29 is 4.79 Å². The molecule has 0 aliphatic carbocycles. The van der Waals surface area contributed by atoms with Gasteiger partial charge in [0, 0.05) is 13.2 Å². The third-order valence-corrected chi connectivity index (χ3v) is 2.62. The van der Waals surface area contributed by atoms with Gasteiger partial charge in [-0.25, -0.2) is 4.98 Å². The van der Waals surface area contributed by atoms with Crippen LogP contribution in [0.4, 0.5) is 0 Å². The summed E-state index contributed by atoms with van der Waals surface area (Å²) in [6, 6.07) is 0. The molecule has 0 saturated heterocycles. The van der Waals surface area contributed by atoms with Crippen molar-refractivity contribution in [3.05, 3.63) is 28.8 Å². The summed E-state index contributed by atoms with van der Waals surface area (Å²) in [7, 11) is 1.82. The quantitative estimate of drug-likeness (QED) is 0.685. The van der Waals surface area contributed by atoms with E-state index in [2.05, 4.69) is 14.6 Å². The third-order valence-electron chi connectivity index (χ3n) is 1.80. The first-order valence-electron chi connectivity index (χ1n) is 4.00. The van der Waals surface area contributed by atoms with Crippen LogP contribution >= 0.6 is 11.5 Å². The average molecular weight is 208 g/mol. The topological polar surface area (TPSA) is 60.7 Å². The smallest absolute Gasteiger partial charge is 0.226 e. The molecule has 0 spiro atoms. The van der Waals surface area contributed by atoms with Gasteiger partial charge in [-0.05, 0) is 18.5 Å². The Balaban J connectivity index is 2.38. The number of aryl methyl sites for hydroxylation is 2. The van der Waals surface area contributed by atoms with Crippen molar-refractivity contribution in [1.29, 1.82) is 0 Å². The second kappa shape index (κ2) is 3.30. The van der Waals surface area contributed by atoms with Gasteiger partial charge >= 0.3 is 0 Å². The second-order valence-corrected chi connectivity index (χ2v) is 3.70. The molecule has 2 aromatic heterocycles. The van der Waals surface area contributed by atoms with Gasteiger partial charge < -0.3 is 4.57 Å². The zero-order chi connectivity index (χ0) is 10.1. The molecule has 2 heterocycles. The Kier molecular flexibility index (Phi) is 2.12. The van der Waals surface area contributed by atoms with Crippen LogP contribution in [0.1, 0.15) is 21.1 Å².